The van der Waals surface area contributed by atoms with Gasteiger partial charge in [0.25, 0.3) is 0 Å². The van der Waals surface area contributed by atoms with E-state index in [1.165, 1.54) is 50.2 Å². The number of hydrogen-bond acceptors (Lipinski definition) is 3. The van der Waals surface area contributed by atoms with Crippen LogP contribution >= 0.6 is 11.8 Å². The van der Waals surface area contributed by atoms with Gasteiger partial charge in [0, 0.05) is 29.9 Å². The molecule has 0 saturated carbocycles. The number of rotatable bonds is 3. The van der Waals surface area contributed by atoms with Gasteiger partial charge in [0.2, 0.25) is 0 Å². The monoisotopic (exact) mass is 282 g/mol. The van der Waals surface area contributed by atoms with Gasteiger partial charge in [-0.05, 0) is 49.8 Å². The number of nitrogens with one attached hydrogen (secondary N) is 1. The fourth-order valence-corrected chi connectivity index (χ4v) is 6.20. The van der Waals surface area contributed by atoms with Crippen molar-refractivity contribution in [3.63, 3.8) is 0 Å². The minimum Gasteiger partial charge on any atom is -0.311 e. The fourth-order valence-electron chi connectivity index (χ4n) is 4.50. The first-order valence-corrected chi connectivity index (χ1v) is 9.35. The molecule has 0 aromatic carbocycles. The van der Waals surface area contributed by atoms with Crippen LogP contribution in [-0.2, 0) is 0 Å². The summed E-state index contributed by atoms with van der Waals surface area (Å²) >= 11 is 2.17. The summed E-state index contributed by atoms with van der Waals surface area (Å²) in [6, 6.07) is 3.26. The summed E-state index contributed by atoms with van der Waals surface area (Å²) < 4.78 is 0. The van der Waals surface area contributed by atoms with E-state index in [0.717, 1.165) is 24.2 Å². The van der Waals surface area contributed by atoms with Crippen molar-refractivity contribution in [2.24, 2.45) is 5.41 Å². The van der Waals surface area contributed by atoms with Crippen molar-refractivity contribution >= 4 is 11.8 Å². The summed E-state index contributed by atoms with van der Waals surface area (Å²) in [5, 5.41) is 3.79. The van der Waals surface area contributed by atoms with Crippen LogP contribution in [0.5, 0.6) is 0 Å². The predicted octanol–water partition coefficient (Wildman–Crippen LogP) is 3.12. The van der Waals surface area contributed by atoms with Crippen LogP contribution in [0.2, 0.25) is 0 Å². The molecule has 3 unspecified atom stereocenters. The van der Waals surface area contributed by atoms with E-state index in [4.69, 9.17) is 0 Å². The zero-order valence-electron chi connectivity index (χ0n) is 12.8. The van der Waals surface area contributed by atoms with E-state index < -0.39 is 0 Å². The van der Waals surface area contributed by atoms with E-state index >= 15 is 0 Å². The smallest absolute Gasteiger partial charge is 0.0240 e. The van der Waals surface area contributed by atoms with Crippen LogP contribution in [0.25, 0.3) is 0 Å². The van der Waals surface area contributed by atoms with Crippen molar-refractivity contribution in [3.8, 4) is 0 Å². The van der Waals surface area contributed by atoms with Crippen molar-refractivity contribution in [2.75, 3.05) is 18.1 Å². The number of hydrogen-bond donors (Lipinski definition) is 1. The molecule has 3 saturated heterocycles. The quantitative estimate of drug-likeness (QED) is 0.856. The molecule has 3 aliphatic rings. The minimum atomic E-state index is 0.505. The van der Waals surface area contributed by atoms with Gasteiger partial charge in [0.15, 0.2) is 0 Å². The molecule has 0 amide bonds. The van der Waals surface area contributed by atoms with Crippen molar-refractivity contribution in [3.05, 3.63) is 0 Å². The highest BCUT2D eigenvalue weighted by atomic mass is 32.2. The molecule has 3 heteroatoms. The Hall–Kier alpha value is 0.270. The normalized spacial score (nSPS) is 41.7. The lowest BCUT2D eigenvalue weighted by Crippen LogP contribution is -2.57. The Labute approximate surface area is 123 Å². The van der Waals surface area contributed by atoms with Gasteiger partial charge < -0.3 is 5.32 Å². The molecule has 3 aliphatic heterocycles. The molecule has 0 aromatic heterocycles. The van der Waals surface area contributed by atoms with Gasteiger partial charge in [0.05, 0.1) is 0 Å². The molecule has 2 bridgehead atoms. The highest BCUT2D eigenvalue weighted by Crippen LogP contribution is 2.40. The summed E-state index contributed by atoms with van der Waals surface area (Å²) in [4.78, 5) is 2.87. The summed E-state index contributed by atoms with van der Waals surface area (Å²) in [7, 11) is 0. The molecule has 19 heavy (non-hydrogen) atoms. The molecule has 0 spiro atoms. The predicted molar refractivity (Wildman–Crippen MR) is 84.9 cm³/mol. The van der Waals surface area contributed by atoms with Crippen molar-refractivity contribution in [1.82, 2.24) is 10.2 Å². The number of piperidine rings is 1. The van der Waals surface area contributed by atoms with E-state index in [-0.39, 0.29) is 0 Å². The highest BCUT2D eigenvalue weighted by molar-refractivity contribution is 7.99. The summed E-state index contributed by atoms with van der Waals surface area (Å²) in [6.07, 6.45) is 7.00. The maximum atomic E-state index is 3.79. The molecule has 0 radical (unpaired) electrons. The summed E-state index contributed by atoms with van der Waals surface area (Å²) in [5.41, 5.74) is 0.505. The minimum absolute atomic E-state index is 0.505. The van der Waals surface area contributed by atoms with E-state index in [9.17, 15) is 0 Å². The highest BCUT2D eigenvalue weighted by Gasteiger charge is 2.42. The van der Waals surface area contributed by atoms with Crippen molar-refractivity contribution in [1.29, 1.82) is 0 Å². The molecule has 2 nitrogen and oxygen atoms in total. The van der Waals surface area contributed by atoms with Gasteiger partial charge in [-0.3, -0.25) is 4.90 Å². The second kappa shape index (κ2) is 5.57. The van der Waals surface area contributed by atoms with Gasteiger partial charge >= 0.3 is 0 Å². The van der Waals surface area contributed by atoms with Gasteiger partial charge in [-0.1, -0.05) is 20.8 Å². The van der Waals surface area contributed by atoms with Crippen LogP contribution in [0, 0.1) is 5.41 Å². The average molecular weight is 282 g/mol. The van der Waals surface area contributed by atoms with Crippen LogP contribution in [0.1, 0.15) is 52.9 Å². The maximum absolute atomic E-state index is 3.79. The average Bonchev–Trinajstić information content (AvgIpc) is 2.71. The second-order valence-electron chi connectivity index (χ2n) is 7.42. The number of thioether (sulfide) groups is 1. The van der Waals surface area contributed by atoms with Gasteiger partial charge in [0.1, 0.15) is 0 Å². The second-order valence-corrected chi connectivity index (χ2v) is 8.57. The largest absolute Gasteiger partial charge is 0.311 e. The molecule has 3 atom stereocenters. The lowest BCUT2D eigenvalue weighted by molar-refractivity contribution is 0.0414. The summed E-state index contributed by atoms with van der Waals surface area (Å²) in [5.74, 6) is 2.71. The molecule has 110 valence electrons. The Morgan fingerprint density at radius 2 is 1.89 bits per heavy atom. The van der Waals surface area contributed by atoms with E-state index in [2.05, 4.69) is 42.7 Å². The van der Waals surface area contributed by atoms with Crippen LogP contribution in [0.4, 0.5) is 0 Å². The first kappa shape index (κ1) is 14.2. The standard InChI is InChI=1S/C16H30N2S/c1-4-18(15-11-19-8-7-16(15,2)3)14-9-12-5-6-13(10-14)17-12/h12-15,17H,4-11H2,1-3H3. The van der Waals surface area contributed by atoms with Crippen LogP contribution < -0.4 is 5.32 Å². The molecule has 0 aromatic rings. The van der Waals surface area contributed by atoms with Gasteiger partial charge in [-0.2, -0.15) is 11.8 Å². The first-order valence-electron chi connectivity index (χ1n) is 8.19. The van der Waals surface area contributed by atoms with Crippen molar-refractivity contribution < 1.29 is 0 Å². The zero-order valence-corrected chi connectivity index (χ0v) is 13.6. The SMILES string of the molecule is CCN(C1CC2CCC(C1)N2)C1CSCCC1(C)C. The molecular formula is C16H30N2S. The van der Waals surface area contributed by atoms with Gasteiger partial charge in [-0.15, -0.1) is 0 Å². The van der Waals surface area contributed by atoms with Crippen LogP contribution in [0.15, 0.2) is 0 Å². The Morgan fingerprint density at radius 1 is 1.21 bits per heavy atom. The van der Waals surface area contributed by atoms with Crippen LogP contribution in [0.3, 0.4) is 0 Å². The Balaban J connectivity index is 1.72. The Kier molecular flexibility index (Phi) is 4.17. The molecule has 3 fully saturated rings. The Morgan fingerprint density at radius 3 is 2.47 bits per heavy atom. The lowest BCUT2D eigenvalue weighted by Gasteiger charge is -2.49. The molecule has 3 heterocycles. The fraction of sp³-hybridized carbons (Fsp3) is 1.00. The van der Waals surface area contributed by atoms with Crippen molar-refractivity contribution in [2.45, 2.75) is 77.0 Å². The molecular weight excluding hydrogens is 252 g/mol. The zero-order chi connectivity index (χ0) is 13.5. The third-order valence-electron chi connectivity index (χ3n) is 5.75. The Bertz CT molecular complexity index is 306. The third-order valence-corrected chi connectivity index (χ3v) is 6.80. The maximum Gasteiger partial charge on any atom is 0.0240 e. The van der Waals surface area contributed by atoms with E-state index in [1.807, 2.05) is 0 Å². The lowest BCUT2D eigenvalue weighted by atomic mass is 9.80. The molecule has 3 rings (SSSR count). The van der Waals surface area contributed by atoms with E-state index in [0.29, 0.717) is 5.41 Å². The molecule has 1 N–H and O–H groups in total. The summed E-state index contributed by atoms with van der Waals surface area (Å²) in [6.45, 7) is 8.60. The topological polar surface area (TPSA) is 15.3 Å². The van der Waals surface area contributed by atoms with Crippen LogP contribution in [-0.4, -0.2) is 47.1 Å². The number of nitrogens with zero attached hydrogens (tertiary/aromatic N) is 1. The van der Waals surface area contributed by atoms with Gasteiger partial charge in [-0.25, -0.2) is 0 Å². The first-order chi connectivity index (χ1) is 9.10. The molecule has 0 aliphatic carbocycles. The number of fused-ring (bicyclic) bond motifs is 2. The van der Waals surface area contributed by atoms with E-state index in [1.54, 1.807) is 0 Å². The third kappa shape index (κ3) is 2.84.